The van der Waals surface area contributed by atoms with Crippen molar-refractivity contribution >= 4 is 37.2 Å². The van der Waals surface area contributed by atoms with Gasteiger partial charge in [-0.15, -0.1) is 37.2 Å². The summed E-state index contributed by atoms with van der Waals surface area (Å²) in [6.45, 7) is 4.49. The molecule has 1 aliphatic carbocycles. The van der Waals surface area contributed by atoms with Gasteiger partial charge in [0.05, 0.1) is 0 Å². The molecule has 1 aliphatic rings. The van der Waals surface area contributed by atoms with Crippen LogP contribution in [0.15, 0.2) is 6.07 Å². The fourth-order valence-electron chi connectivity index (χ4n) is 2.27. The summed E-state index contributed by atoms with van der Waals surface area (Å²) in [6, 6.07) is 2.34. The molecule has 0 aliphatic heterocycles. The Morgan fingerprint density at radius 2 is 1.60 bits per heavy atom. The topological polar surface area (TPSA) is 0 Å². The summed E-state index contributed by atoms with van der Waals surface area (Å²) < 4.78 is 0. The van der Waals surface area contributed by atoms with E-state index in [2.05, 4.69) is 19.9 Å². The van der Waals surface area contributed by atoms with Crippen LogP contribution >= 0.6 is 37.2 Å². The Bertz CT molecular complexity index is 255. The monoisotopic (exact) mass is 303 g/mol. The van der Waals surface area contributed by atoms with Crippen molar-refractivity contribution in [2.75, 3.05) is 0 Å². The third kappa shape index (κ3) is 4.36. The molecule has 2 rings (SSSR count). The number of hydrogen-bond acceptors (Lipinski definition) is 0. The molecule has 1 aromatic carbocycles. The van der Waals surface area contributed by atoms with E-state index in [0.29, 0.717) is 0 Å². The van der Waals surface area contributed by atoms with Gasteiger partial charge in [-0.3, -0.25) is 0 Å². The van der Waals surface area contributed by atoms with Crippen LogP contribution in [-0.2, 0) is 34.6 Å². The number of hydrogen-bond donors (Lipinski definition) is 0. The van der Waals surface area contributed by atoms with Gasteiger partial charge in [0.2, 0.25) is 0 Å². The number of halogens is 3. The second-order valence-corrected chi connectivity index (χ2v) is 3.67. The molecule has 0 heterocycles. The Balaban J connectivity index is -0.000000360. The van der Waals surface area contributed by atoms with E-state index in [1.165, 1.54) is 36.8 Å². The van der Waals surface area contributed by atoms with Crippen molar-refractivity contribution in [2.45, 2.75) is 39.5 Å². The van der Waals surface area contributed by atoms with E-state index in [1.54, 1.807) is 11.1 Å². The van der Waals surface area contributed by atoms with Crippen LogP contribution in [0, 0.1) is 13.8 Å². The van der Waals surface area contributed by atoms with Crippen molar-refractivity contribution in [1.29, 1.82) is 0 Å². The van der Waals surface area contributed by atoms with Crippen LogP contribution in [0.5, 0.6) is 0 Å². The first-order valence-corrected chi connectivity index (χ1v) is 4.53. The standard InChI is InChI=1S/C11H15.3ClH.Ti/c1-8-7-9(2)11-6-4-3-5-10(8)11;;;;/h7H,3-6H2,1-2H3;3*1H;/q-1;;;;. The summed E-state index contributed by atoms with van der Waals surface area (Å²) in [5.74, 6) is 0. The predicted octanol–water partition coefficient (Wildman–Crippen LogP) is 4.16. The van der Waals surface area contributed by atoms with Crippen molar-refractivity contribution < 1.29 is 21.7 Å². The molecule has 0 saturated heterocycles. The summed E-state index contributed by atoms with van der Waals surface area (Å²) in [5.41, 5.74) is 6.37. The maximum atomic E-state index is 2.34. The van der Waals surface area contributed by atoms with Crippen molar-refractivity contribution in [2.24, 2.45) is 0 Å². The molecule has 0 unspecified atom stereocenters. The first-order chi connectivity index (χ1) is 5.29. The van der Waals surface area contributed by atoms with Gasteiger partial charge in [0.15, 0.2) is 0 Å². The summed E-state index contributed by atoms with van der Waals surface area (Å²) >= 11 is 0. The fourth-order valence-corrected chi connectivity index (χ4v) is 2.27. The molecule has 0 atom stereocenters. The minimum atomic E-state index is 0. The number of aryl methyl sites for hydroxylation is 2. The van der Waals surface area contributed by atoms with E-state index >= 15 is 0 Å². The van der Waals surface area contributed by atoms with Crippen LogP contribution < -0.4 is 0 Å². The van der Waals surface area contributed by atoms with E-state index in [0.717, 1.165) is 0 Å². The van der Waals surface area contributed by atoms with Crippen LogP contribution in [0.2, 0.25) is 0 Å². The maximum Gasteiger partial charge on any atom is 0 e. The van der Waals surface area contributed by atoms with Crippen molar-refractivity contribution in [1.82, 2.24) is 0 Å². The van der Waals surface area contributed by atoms with E-state index < -0.39 is 0 Å². The zero-order valence-corrected chi connectivity index (χ0v) is 13.1. The first kappa shape index (κ1) is 21.2. The van der Waals surface area contributed by atoms with Crippen LogP contribution in [-0.4, -0.2) is 0 Å². The van der Waals surface area contributed by atoms with E-state index in [9.17, 15) is 0 Å². The number of rotatable bonds is 0. The van der Waals surface area contributed by atoms with Crippen molar-refractivity contribution in [3.8, 4) is 0 Å². The summed E-state index contributed by atoms with van der Waals surface area (Å²) in [5, 5.41) is 0. The van der Waals surface area contributed by atoms with Crippen LogP contribution in [0.25, 0.3) is 0 Å². The normalized spacial score (nSPS) is 12.1. The van der Waals surface area contributed by atoms with E-state index in [-0.39, 0.29) is 58.9 Å². The quantitative estimate of drug-likeness (QED) is 0.498. The largest absolute Gasteiger partial charge is 0.198 e. The van der Waals surface area contributed by atoms with Gasteiger partial charge in [-0.05, 0) is 0 Å². The zero-order valence-electron chi connectivity index (χ0n) is 9.13. The number of fused-ring (bicyclic) bond motifs is 1. The molecule has 88 valence electrons. The molecule has 0 nitrogen and oxygen atoms in total. The molecule has 0 amide bonds. The van der Waals surface area contributed by atoms with E-state index in [1.807, 2.05) is 0 Å². The summed E-state index contributed by atoms with van der Waals surface area (Å²) in [7, 11) is 0. The van der Waals surface area contributed by atoms with Gasteiger partial charge in [-0.2, -0.15) is 28.3 Å². The molecular formula is C11H18Cl3Ti-. The third-order valence-corrected chi connectivity index (χ3v) is 2.85. The Kier molecular flexibility index (Phi) is 12.8. The fraction of sp³-hybridized carbons (Fsp3) is 0.545. The second-order valence-electron chi connectivity index (χ2n) is 3.67. The average Bonchev–Trinajstić information content (AvgIpc) is 2.30. The molecule has 0 radical (unpaired) electrons. The average molecular weight is 304 g/mol. The van der Waals surface area contributed by atoms with Gasteiger partial charge < -0.3 is 0 Å². The molecule has 0 bridgehead atoms. The summed E-state index contributed by atoms with van der Waals surface area (Å²) in [6.07, 6.45) is 5.46. The van der Waals surface area contributed by atoms with Crippen molar-refractivity contribution in [3.63, 3.8) is 0 Å². The Morgan fingerprint density at radius 3 is 2.13 bits per heavy atom. The molecule has 0 saturated carbocycles. The zero-order chi connectivity index (χ0) is 7.84. The maximum absolute atomic E-state index is 2.34. The van der Waals surface area contributed by atoms with Gasteiger partial charge in [-0.25, -0.2) is 0 Å². The minimum absolute atomic E-state index is 0. The summed E-state index contributed by atoms with van der Waals surface area (Å²) in [4.78, 5) is 0. The molecule has 0 fully saturated rings. The molecule has 0 N–H and O–H groups in total. The van der Waals surface area contributed by atoms with Crippen LogP contribution in [0.1, 0.15) is 35.1 Å². The third-order valence-electron chi connectivity index (χ3n) is 2.85. The first-order valence-electron chi connectivity index (χ1n) is 4.53. The Hall–Kier alpha value is 0.934. The molecule has 15 heavy (non-hydrogen) atoms. The minimum Gasteiger partial charge on any atom is -0.198 e. The molecule has 4 heteroatoms. The van der Waals surface area contributed by atoms with Gasteiger partial charge in [0.1, 0.15) is 0 Å². The van der Waals surface area contributed by atoms with Gasteiger partial charge in [0.25, 0.3) is 0 Å². The Morgan fingerprint density at radius 1 is 1.07 bits per heavy atom. The van der Waals surface area contributed by atoms with Crippen LogP contribution in [0.4, 0.5) is 0 Å². The molecule has 0 spiro atoms. The second kappa shape index (κ2) is 9.02. The SMILES string of the molecule is Cc1c[c-](C)c2c1CCCC2.Cl.Cl.Cl.[Ti]. The van der Waals surface area contributed by atoms with Gasteiger partial charge in [0, 0.05) is 21.7 Å². The van der Waals surface area contributed by atoms with E-state index in [4.69, 9.17) is 0 Å². The molecular weight excluding hydrogens is 286 g/mol. The van der Waals surface area contributed by atoms with Crippen molar-refractivity contribution in [3.05, 3.63) is 28.3 Å². The molecule has 1 aromatic rings. The predicted molar refractivity (Wildman–Crippen MR) is 69.9 cm³/mol. The van der Waals surface area contributed by atoms with Crippen LogP contribution in [0.3, 0.4) is 0 Å². The van der Waals surface area contributed by atoms with Gasteiger partial charge >= 0.3 is 0 Å². The smallest absolute Gasteiger partial charge is 0 e. The Labute approximate surface area is 126 Å². The van der Waals surface area contributed by atoms with Gasteiger partial charge in [-0.1, -0.05) is 39.5 Å². The molecule has 0 aromatic heterocycles.